The van der Waals surface area contributed by atoms with Gasteiger partial charge in [-0.15, -0.1) is 0 Å². The molecule has 19 heavy (non-hydrogen) atoms. The first-order valence-corrected chi connectivity index (χ1v) is 5.90. The molecule has 2 aromatic rings. The molecular weight excluding hydrogens is 257 g/mol. The summed E-state index contributed by atoms with van der Waals surface area (Å²) >= 11 is 0. The highest BCUT2D eigenvalue weighted by molar-refractivity contribution is 5.36. The summed E-state index contributed by atoms with van der Waals surface area (Å²) in [5.41, 5.74) is 1.35. The number of aromatic nitrogens is 2. The van der Waals surface area contributed by atoms with Crippen molar-refractivity contribution in [1.82, 2.24) is 9.78 Å². The van der Waals surface area contributed by atoms with Crippen LogP contribution >= 0.6 is 0 Å². The number of halogens is 3. The fourth-order valence-electron chi connectivity index (χ4n) is 1.93. The molecule has 6 heteroatoms. The molecule has 0 radical (unpaired) electrons. The number of hydrogen-bond acceptors (Lipinski definition) is 2. The van der Waals surface area contributed by atoms with Gasteiger partial charge in [0.05, 0.1) is 18.5 Å². The van der Waals surface area contributed by atoms with Gasteiger partial charge in [0.1, 0.15) is 0 Å². The molecule has 0 unspecified atom stereocenters. The zero-order valence-corrected chi connectivity index (χ0v) is 10.3. The molecule has 1 aromatic carbocycles. The zero-order chi connectivity index (χ0) is 14.0. The predicted molar refractivity (Wildman–Crippen MR) is 63.4 cm³/mol. The Bertz CT molecular complexity index is 573. The summed E-state index contributed by atoms with van der Waals surface area (Å²) in [7, 11) is 0. The van der Waals surface area contributed by atoms with Gasteiger partial charge in [0.15, 0.2) is 17.5 Å². The molecule has 0 spiro atoms. The van der Waals surface area contributed by atoms with E-state index in [2.05, 4.69) is 5.10 Å². The van der Waals surface area contributed by atoms with E-state index >= 15 is 0 Å². The highest BCUT2D eigenvalue weighted by atomic mass is 19.2. The quantitative estimate of drug-likeness (QED) is 0.867. The summed E-state index contributed by atoms with van der Waals surface area (Å²) in [6, 6.07) is 1.76. The van der Waals surface area contributed by atoms with Gasteiger partial charge in [-0.2, -0.15) is 5.10 Å². The van der Waals surface area contributed by atoms with Gasteiger partial charge in [0.2, 0.25) is 0 Å². The third kappa shape index (κ3) is 2.49. The second kappa shape index (κ2) is 5.44. The van der Waals surface area contributed by atoms with Crippen molar-refractivity contribution in [2.24, 2.45) is 0 Å². The summed E-state index contributed by atoms with van der Waals surface area (Å²) in [5.74, 6) is -4.03. The minimum Gasteiger partial charge on any atom is -0.392 e. The van der Waals surface area contributed by atoms with E-state index in [1.54, 1.807) is 0 Å². The summed E-state index contributed by atoms with van der Waals surface area (Å²) in [4.78, 5) is 0. The van der Waals surface area contributed by atoms with Gasteiger partial charge in [0, 0.05) is 23.4 Å². The number of aliphatic hydroxyl groups is 1. The smallest absolute Gasteiger partial charge is 0.194 e. The van der Waals surface area contributed by atoms with Crippen molar-refractivity contribution >= 4 is 0 Å². The lowest BCUT2D eigenvalue weighted by Gasteiger charge is -2.09. The average molecular weight is 270 g/mol. The first-order valence-electron chi connectivity index (χ1n) is 5.90. The Balaban J connectivity index is 2.55. The van der Waals surface area contributed by atoms with Crippen LogP contribution in [0.5, 0.6) is 0 Å². The van der Waals surface area contributed by atoms with Crippen LogP contribution in [0.3, 0.4) is 0 Å². The lowest BCUT2D eigenvalue weighted by Crippen LogP contribution is -2.06. The Morgan fingerprint density at radius 2 is 1.84 bits per heavy atom. The van der Waals surface area contributed by atoms with Crippen molar-refractivity contribution in [2.75, 3.05) is 0 Å². The van der Waals surface area contributed by atoms with Crippen molar-refractivity contribution in [3.8, 4) is 5.69 Å². The van der Waals surface area contributed by atoms with Crippen LogP contribution in [-0.4, -0.2) is 14.9 Å². The first-order chi connectivity index (χ1) is 9.08. The number of nitrogens with zero attached hydrogens (tertiary/aromatic N) is 2. The maximum absolute atomic E-state index is 13.2. The molecule has 0 amide bonds. The standard InChI is InChI=1S/C13H13F3N2O/c1-2-3-12-8(7-19)6-17-18(12)9-4-10(14)13(16)11(15)5-9/h4-6,19H,2-3,7H2,1H3. The van der Waals surface area contributed by atoms with Gasteiger partial charge in [-0.1, -0.05) is 13.3 Å². The molecule has 0 aliphatic rings. The third-order valence-corrected chi connectivity index (χ3v) is 2.83. The average Bonchev–Trinajstić information content (AvgIpc) is 2.79. The van der Waals surface area contributed by atoms with E-state index < -0.39 is 17.5 Å². The molecule has 0 saturated carbocycles. The van der Waals surface area contributed by atoms with Gasteiger partial charge in [0.25, 0.3) is 0 Å². The normalized spacial score (nSPS) is 11.0. The van der Waals surface area contributed by atoms with Gasteiger partial charge in [-0.05, 0) is 6.42 Å². The lowest BCUT2D eigenvalue weighted by atomic mass is 10.1. The van der Waals surface area contributed by atoms with E-state index in [-0.39, 0.29) is 12.3 Å². The number of rotatable bonds is 4. The van der Waals surface area contributed by atoms with Crippen LogP contribution in [0, 0.1) is 17.5 Å². The van der Waals surface area contributed by atoms with Crippen LogP contribution < -0.4 is 0 Å². The lowest BCUT2D eigenvalue weighted by molar-refractivity contribution is 0.280. The molecular formula is C13H13F3N2O. The van der Waals surface area contributed by atoms with E-state index in [1.165, 1.54) is 10.9 Å². The van der Waals surface area contributed by atoms with Crippen LogP contribution in [0.1, 0.15) is 24.6 Å². The number of aliphatic hydroxyl groups excluding tert-OH is 1. The van der Waals surface area contributed by atoms with E-state index in [9.17, 15) is 18.3 Å². The SMILES string of the molecule is CCCc1c(CO)cnn1-c1cc(F)c(F)c(F)c1. The molecule has 0 aliphatic heterocycles. The molecule has 0 fully saturated rings. The van der Waals surface area contributed by atoms with Crippen molar-refractivity contribution in [2.45, 2.75) is 26.4 Å². The van der Waals surface area contributed by atoms with Crippen LogP contribution in [0.4, 0.5) is 13.2 Å². The Morgan fingerprint density at radius 1 is 1.21 bits per heavy atom. The summed E-state index contributed by atoms with van der Waals surface area (Å²) in [6.07, 6.45) is 2.81. The Hall–Kier alpha value is -1.82. The molecule has 102 valence electrons. The molecule has 0 aliphatic carbocycles. The van der Waals surface area contributed by atoms with Gasteiger partial charge < -0.3 is 5.11 Å². The van der Waals surface area contributed by atoms with Crippen LogP contribution in [0.15, 0.2) is 18.3 Å². The van der Waals surface area contributed by atoms with Gasteiger partial charge in [-0.3, -0.25) is 0 Å². The van der Waals surface area contributed by atoms with E-state index in [0.29, 0.717) is 17.7 Å². The Kier molecular flexibility index (Phi) is 3.90. The van der Waals surface area contributed by atoms with Crippen molar-refractivity contribution < 1.29 is 18.3 Å². The second-order valence-corrected chi connectivity index (χ2v) is 4.16. The summed E-state index contributed by atoms with van der Waals surface area (Å²) < 4.78 is 40.7. The number of hydrogen-bond donors (Lipinski definition) is 1. The van der Waals surface area contributed by atoms with E-state index in [1.807, 2.05) is 6.92 Å². The topological polar surface area (TPSA) is 38.1 Å². The Morgan fingerprint density at radius 3 is 2.37 bits per heavy atom. The maximum Gasteiger partial charge on any atom is 0.194 e. The fourth-order valence-corrected chi connectivity index (χ4v) is 1.93. The van der Waals surface area contributed by atoms with Gasteiger partial charge >= 0.3 is 0 Å². The minimum atomic E-state index is -1.50. The molecule has 0 atom stereocenters. The summed E-state index contributed by atoms with van der Waals surface area (Å²) in [6.45, 7) is 1.73. The predicted octanol–water partition coefficient (Wildman–Crippen LogP) is 2.73. The minimum absolute atomic E-state index is 0.0968. The van der Waals surface area contributed by atoms with Gasteiger partial charge in [-0.25, -0.2) is 17.9 Å². The molecule has 0 saturated heterocycles. The molecule has 1 N–H and O–H groups in total. The molecule has 1 aromatic heterocycles. The summed E-state index contributed by atoms with van der Waals surface area (Å²) in [5, 5.41) is 13.2. The highest BCUT2D eigenvalue weighted by Crippen LogP contribution is 2.20. The van der Waals surface area contributed by atoms with Crippen molar-refractivity contribution in [3.05, 3.63) is 47.0 Å². The fraction of sp³-hybridized carbons (Fsp3) is 0.308. The maximum atomic E-state index is 13.2. The first kappa shape index (κ1) is 13.6. The second-order valence-electron chi connectivity index (χ2n) is 4.16. The zero-order valence-electron chi connectivity index (χ0n) is 10.3. The van der Waals surface area contributed by atoms with Crippen molar-refractivity contribution in [3.63, 3.8) is 0 Å². The highest BCUT2D eigenvalue weighted by Gasteiger charge is 2.15. The Labute approximate surface area is 108 Å². The van der Waals surface area contributed by atoms with Crippen molar-refractivity contribution in [1.29, 1.82) is 0 Å². The molecule has 0 bridgehead atoms. The largest absolute Gasteiger partial charge is 0.392 e. The van der Waals surface area contributed by atoms with Crippen LogP contribution in [0.25, 0.3) is 5.69 Å². The molecule has 3 nitrogen and oxygen atoms in total. The van der Waals surface area contributed by atoms with Crippen LogP contribution in [0.2, 0.25) is 0 Å². The van der Waals surface area contributed by atoms with E-state index in [4.69, 9.17) is 0 Å². The molecule has 1 heterocycles. The number of benzene rings is 1. The third-order valence-electron chi connectivity index (χ3n) is 2.83. The molecule has 2 rings (SSSR count). The van der Waals surface area contributed by atoms with Crippen LogP contribution in [-0.2, 0) is 13.0 Å². The van der Waals surface area contributed by atoms with E-state index in [0.717, 1.165) is 18.6 Å². The monoisotopic (exact) mass is 270 g/mol.